The van der Waals surface area contributed by atoms with Crippen molar-refractivity contribution in [2.75, 3.05) is 6.26 Å². The van der Waals surface area contributed by atoms with Gasteiger partial charge in [-0.15, -0.1) is 4.36 Å². The number of urea groups is 1. The van der Waals surface area contributed by atoms with E-state index in [1.165, 1.54) is 24.5 Å². The van der Waals surface area contributed by atoms with Crippen LogP contribution in [0.5, 0.6) is 5.75 Å². The van der Waals surface area contributed by atoms with Crippen molar-refractivity contribution in [2.45, 2.75) is 11.8 Å². The van der Waals surface area contributed by atoms with Gasteiger partial charge in [0.1, 0.15) is 0 Å². The molecule has 26 heavy (non-hydrogen) atoms. The largest absolute Gasteiger partial charge is 0.411 e. The molecule has 2 aromatic rings. The van der Waals surface area contributed by atoms with Gasteiger partial charge in [0.25, 0.3) is 0 Å². The van der Waals surface area contributed by atoms with Crippen molar-refractivity contribution in [3.63, 3.8) is 0 Å². The first-order chi connectivity index (χ1) is 12.0. The van der Waals surface area contributed by atoms with Crippen LogP contribution in [0.1, 0.15) is 5.56 Å². The van der Waals surface area contributed by atoms with E-state index in [1.807, 2.05) is 6.92 Å². The first-order valence-electron chi connectivity index (χ1n) is 6.98. The Hall–Kier alpha value is -1.81. The summed E-state index contributed by atoms with van der Waals surface area (Å²) >= 11 is 11.5. The Labute approximate surface area is 161 Å². The van der Waals surface area contributed by atoms with Gasteiger partial charge in [-0.3, -0.25) is 0 Å². The fourth-order valence-corrected chi connectivity index (χ4v) is 4.15. The molecular weight excluding hydrogens is 423 g/mol. The molecule has 140 valence electrons. The van der Waals surface area contributed by atoms with Crippen molar-refractivity contribution < 1.29 is 21.6 Å². The van der Waals surface area contributed by atoms with Gasteiger partial charge in [-0.05, 0) is 37.3 Å². The molecule has 0 spiro atoms. The average molecular weight is 437 g/mol. The van der Waals surface area contributed by atoms with E-state index in [9.17, 15) is 17.4 Å². The van der Waals surface area contributed by atoms with Gasteiger partial charge < -0.3 is 4.18 Å². The van der Waals surface area contributed by atoms with Gasteiger partial charge in [0.05, 0.1) is 14.8 Å². The first-order valence-corrected chi connectivity index (χ1v) is 11.1. The maximum Gasteiger partial charge on any atom is 0.411 e. The predicted octanol–water partition coefficient (Wildman–Crippen LogP) is 3.79. The van der Waals surface area contributed by atoms with E-state index in [4.69, 9.17) is 27.4 Å². The normalized spacial score (nSPS) is 13.5. The molecule has 1 unspecified atom stereocenters. The molecule has 0 aromatic heterocycles. The summed E-state index contributed by atoms with van der Waals surface area (Å²) in [6, 6.07) is 9.03. The van der Waals surface area contributed by atoms with Gasteiger partial charge in [0, 0.05) is 16.2 Å². The summed E-state index contributed by atoms with van der Waals surface area (Å²) < 4.78 is 46.1. The van der Waals surface area contributed by atoms with Crippen molar-refractivity contribution in [1.29, 1.82) is 0 Å². The maximum atomic E-state index is 12.5. The molecule has 0 aliphatic heterocycles. The number of amides is 2. The highest BCUT2D eigenvalue weighted by Crippen LogP contribution is 2.28. The number of rotatable bonds is 4. The topological polar surface area (TPSA) is 102 Å². The molecule has 0 radical (unpaired) electrons. The number of hydrogen-bond acceptors (Lipinski definition) is 5. The van der Waals surface area contributed by atoms with Crippen LogP contribution >= 0.6 is 23.2 Å². The molecule has 0 aliphatic carbocycles. The summed E-state index contributed by atoms with van der Waals surface area (Å²) in [7, 11) is -7.71. The monoisotopic (exact) mass is 436 g/mol. The van der Waals surface area contributed by atoms with Gasteiger partial charge in [-0.1, -0.05) is 40.9 Å². The Morgan fingerprint density at radius 1 is 1.08 bits per heavy atom. The number of aryl methyl sites for hydroxylation is 1. The third kappa shape index (κ3) is 5.60. The van der Waals surface area contributed by atoms with E-state index in [-0.39, 0.29) is 20.7 Å². The molecule has 7 nitrogen and oxygen atoms in total. The highest BCUT2D eigenvalue weighted by atomic mass is 35.5. The molecule has 1 N–H and O–H groups in total. The summed E-state index contributed by atoms with van der Waals surface area (Å²) in [6.07, 6.45) is 1.22. The zero-order valence-electron chi connectivity index (χ0n) is 13.6. The van der Waals surface area contributed by atoms with Crippen LogP contribution in [0, 0.1) is 6.92 Å². The molecule has 0 heterocycles. The zero-order valence-corrected chi connectivity index (χ0v) is 16.7. The maximum absolute atomic E-state index is 12.5. The van der Waals surface area contributed by atoms with Crippen molar-refractivity contribution in [1.82, 2.24) is 4.72 Å². The standard InChI is InChI=1S/C15H14Cl2N2O5S2/c1-10-3-6-12(7-4-10)25(2,21)18-15(20)19-26(22,23)24-14-8-5-11(16)9-13(14)17/h3-9H,1-2H3,(H,19,20). The van der Waals surface area contributed by atoms with Crippen LogP contribution < -0.4 is 8.91 Å². The summed E-state index contributed by atoms with van der Waals surface area (Å²) in [6.45, 7) is 1.84. The van der Waals surface area contributed by atoms with Crippen molar-refractivity contribution in [2.24, 2.45) is 4.36 Å². The van der Waals surface area contributed by atoms with Crippen LogP contribution in [0.4, 0.5) is 4.79 Å². The first kappa shape index (κ1) is 20.5. The molecule has 1 atom stereocenters. The zero-order chi connectivity index (χ0) is 19.5. The summed E-state index contributed by atoms with van der Waals surface area (Å²) in [5.74, 6) is -0.230. The molecule has 11 heteroatoms. The number of halogens is 2. The van der Waals surface area contributed by atoms with Crippen LogP contribution in [0.25, 0.3) is 0 Å². The van der Waals surface area contributed by atoms with Crippen molar-refractivity contribution >= 4 is 49.3 Å². The fourth-order valence-electron chi connectivity index (χ4n) is 1.81. The van der Waals surface area contributed by atoms with E-state index in [0.717, 1.165) is 5.56 Å². The minimum absolute atomic E-state index is 0.0637. The van der Waals surface area contributed by atoms with Gasteiger partial charge in [-0.25, -0.2) is 9.00 Å². The third-order valence-corrected chi connectivity index (χ3v) is 6.04. The van der Waals surface area contributed by atoms with Crippen LogP contribution in [-0.2, 0) is 20.0 Å². The molecule has 0 saturated carbocycles. The van der Waals surface area contributed by atoms with Gasteiger partial charge >= 0.3 is 16.3 Å². The lowest BCUT2D eigenvalue weighted by molar-refractivity contribution is 0.253. The Morgan fingerprint density at radius 3 is 2.27 bits per heavy atom. The second-order valence-electron chi connectivity index (χ2n) is 5.23. The highest BCUT2D eigenvalue weighted by Gasteiger charge is 2.20. The Bertz CT molecular complexity index is 1060. The van der Waals surface area contributed by atoms with Crippen LogP contribution in [-0.4, -0.2) is 24.9 Å². The lowest BCUT2D eigenvalue weighted by Crippen LogP contribution is -2.32. The smallest absolute Gasteiger partial charge is 0.365 e. The summed E-state index contributed by atoms with van der Waals surface area (Å²) in [5, 5.41) is 0.216. The number of hydrogen-bond donors (Lipinski definition) is 1. The number of nitrogens with one attached hydrogen (secondary N) is 1. The van der Waals surface area contributed by atoms with E-state index in [0.29, 0.717) is 0 Å². The molecule has 2 amide bonds. The van der Waals surface area contributed by atoms with E-state index < -0.39 is 26.1 Å². The molecule has 0 aliphatic rings. The summed E-state index contributed by atoms with van der Waals surface area (Å²) in [5.41, 5.74) is 0.934. The molecule has 0 bridgehead atoms. The van der Waals surface area contributed by atoms with Crippen LogP contribution in [0.2, 0.25) is 10.0 Å². The number of carbonyl (C=O) groups excluding carboxylic acids is 1. The molecule has 0 fully saturated rings. The van der Waals surface area contributed by atoms with E-state index >= 15 is 0 Å². The fraction of sp³-hybridized carbons (Fsp3) is 0.133. The van der Waals surface area contributed by atoms with Gasteiger partial charge in [0.2, 0.25) is 0 Å². The molecule has 2 rings (SSSR count). The van der Waals surface area contributed by atoms with E-state index in [2.05, 4.69) is 4.36 Å². The van der Waals surface area contributed by atoms with Crippen LogP contribution in [0.15, 0.2) is 51.7 Å². The van der Waals surface area contributed by atoms with Gasteiger partial charge in [-0.2, -0.15) is 13.1 Å². The minimum Gasteiger partial charge on any atom is -0.365 e. The van der Waals surface area contributed by atoms with Crippen LogP contribution in [0.3, 0.4) is 0 Å². The second-order valence-corrected chi connectivity index (χ2v) is 9.61. The average Bonchev–Trinajstić information content (AvgIpc) is 2.49. The van der Waals surface area contributed by atoms with E-state index in [1.54, 1.807) is 29.0 Å². The quantitative estimate of drug-likeness (QED) is 0.784. The second kappa shape index (κ2) is 7.83. The molecular formula is C15H14Cl2N2O5S2. The lowest BCUT2D eigenvalue weighted by Gasteiger charge is -2.09. The van der Waals surface area contributed by atoms with Gasteiger partial charge in [0.15, 0.2) is 5.75 Å². The Kier molecular flexibility index (Phi) is 6.17. The van der Waals surface area contributed by atoms with Crippen molar-refractivity contribution in [3.05, 3.63) is 58.1 Å². The number of carbonyl (C=O) groups is 1. The summed E-state index contributed by atoms with van der Waals surface area (Å²) in [4.78, 5) is 12.2. The Balaban J connectivity index is 2.19. The molecule has 0 saturated heterocycles. The lowest BCUT2D eigenvalue weighted by atomic mass is 10.2. The number of nitrogens with zero attached hydrogens (tertiary/aromatic N) is 1. The Morgan fingerprint density at radius 2 is 1.69 bits per heavy atom. The predicted molar refractivity (Wildman–Crippen MR) is 100 cm³/mol. The van der Waals surface area contributed by atoms with Crippen molar-refractivity contribution in [3.8, 4) is 5.75 Å². The number of benzene rings is 2. The minimum atomic E-state index is -4.58. The third-order valence-electron chi connectivity index (χ3n) is 3.02. The highest BCUT2D eigenvalue weighted by molar-refractivity contribution is 7.93. The molecule has 2 aromatic carbocycles. The SMILES string of the molecule is Cc1ccc(S(C)(=O)=NC(=O)NS(=O)(=O)Oc2ccc(Cl)cc2Cl)cc1.